The van der Waals surface area contributed by atoms with Crippen molar-refractivity contribution >= 4 is 34.6 Å². The smallest absolute Gasteiger partial charge is 0.221 e. The molecule has 8 heteroatoms. The van der Waals surface area contributed by atoms with Gasteiger partial charge in [-0.05, 0) is 29.1 Å². The number of carbonyl (C=O) groups is 1. The zero-order valence-corrected chi connectivity index (χ0v) is 15.8. The summed E-state index contributed by atoms with van der Waals surface area (Å²) in [6.07, 6.45) is 0. The number of nitrogens with one attached hydrogen (secondary N) is 2. The van der Waals surface area contributed by atoms with Gasteiger partial charge in [0.25, 0.3) is 0 Å². The van der Waals surface area contributed by atoms with E-state index in [0.717, 1.165) is 4.88 Å². The predicted molar refractivity (Wildman–Crippen MR) is 109 cm³/mol. The Morgan fingerprint density at radius 2 is 1.89 bits per heavy atom. The van der Waals surface area contributed by atoms with Gasteiger partial charge in [0, 0.05) is 23.1 Å². The zero-order valence-electron chi connectivity index (χ0n) is 15.0. The van der Waals surface area contributed by atoms with E-state index in [9.17, 15) is 15.3 Å². The Morgan fingerprint density at radius 1 is 1.18 bits per heavy atom. The monoisotopic (exact) mass is 388 g/mol. The van der Waals surface area contributed by atoms with Crippen LogP contribution >= 0.6 is 11.3 Å². The number of nitrogens with two attached hydrogens (primary N) is 1. The van der Waals surface area contributed by atoms with E-state index in [4.69, 9.17) is 5.73 Å². The number of nitrogens with zero attached hydrogens (tertiary/aromatic N) is 3. The molecular weight excluding hydrogens is 372 g/mol. The molecule has 28 heavy (non-hydrogen) atoms. The molecule has 0 aliphatic heterocycles. The normalized spacial score (nSPS) is 9.96. The molecule has 0 aliphatic carbocycles. The molecule has 0 atom stereocenters. The van der Waals surface area contributed by atoms with Crippen molar-refractivity contribution in [2.24, 2.45) is 0 Å². The lowest BCUT2D eigenvalue weighted by Crippen LogP contribution is -2.08. The minimum Gasteiger partial charge on any atom is -0.383 e. The number of nitriles is 2. The summed E-state index contributed by atoms with van der Waals surface area (Å²) in [5.74, 6) is 0.195. The maximum atomic E-state index is 11.2. The lowest BCUT2D eigenvalue weighted by molar-refractivity contribution is -0.114. The van der Waals surface area contributed by atoms with Crippen molar-refractivity contribution in [1.29, 1.82) is 10.5 Å². The zero-order chi connectivity index (χ0) is 20.1. The van der Waals surface area contributed by atoms with Gasteiger partial charge in [-0.2, -0.15) is 10.5 Å². The Kier molecular flexibility index (Phi) is 5.54. The number of anilines is 3. The van der Waals surface area contributed by atoms with Gasteiger partial charge in [-0.3, -0.25) is 4.79 Å². The molecule has 0 bridgehead atoms. The number of thiophene rings is 1. The fraction of sp³-hybridized carbons (Fsp3) is 0.100. The van der Waals surface area contributed by atoms with Crippen molar-refractivity contribution < 1.29 is 4.79 Å². The molecule has 3 aromatic rings. The van der Waals surface area contributed by atoms with Crippen molar-refractivity contribution in [3.05, 3.63) is 57.8 Å². The first-order chi connectivity index (χ1) is 13.5. The van der Waals surface area contributed by atoms with Crippen LogP contribution in [-0.2, 0) is 11.3 Å². The summed E-state index contributed by atoms with van der Waals surface area (Å²) in [5.41, 5.74) is 8.06. The van der Waals surface area contributed by atoms with Crippen LogP contribution in [0.2, 0.25) is 0 Å². The molecule has 138 valence electrons. The molecule has 0 saturated carbocycles. The third kappa shape index (κ3) is 3.93. The molecule has 0 aliphatic rings. The van der Waals surface area contributed by atoms with Gasteiger partial charge in [0.05, 0.1) is 6.54 Å². The molecule has 1 amide bonds. The summed E-state index contributed by atoms with van der Waals surface area (Å²) in [6.45, 7) is 1.91. The second-order valence-corrected chi connectivity index (χ2v) is 6.92. The van der Waals surface area contributed by atoms with Crippen LogP contribution in [0.15, 0.2) is 41.8 Å². The number of carbonyl (C=O) groups excluding carboxylic acids is 1. The highest BCUT2D eigenvalue weighted by Crippen LogP contribution is 2.34. The van der Waals surface area contributed by atoms with Crippen LogP contribution in [0.1, 0.15) is 22.9 Å². The van der Waals surface area contributed by atoms with Gasteiger partial charge in [0.2, 0.25) is 5.91 Å². The highest BCUT2D eigenvalue weighted by Gasteiger charge is 2.20. The number of pyridine rings is 1. The number of benzene rings is 1. The van der Waals surface area contributed by atoms with E-state index in [1.807, 2.05) is 23.6 Å². The molecule has 0 saturated heterocycles. The Hall–Kier alpha value is -3.88. The summed E-state index contributed by atoms with van der Waals surface area (Å²) in [6, 6.07) is 15.0. The second kappa shape index (κ2) is 8.21. The van der Waals surface area contributed by atoms with Crippen LogP contribution in [0.3, 0.4) is 0 Å². The first-order valence-corrected chi connectivity index (χ1v) is 9.19. The van der Waals surface area contributed by atoms with Gasteiger partial charge < -0.3 is 16.4 Å². The van der Waals surface area contributed by atoms with Crippen molar-refractivity contribution in [2.45, 2.75) is 13.5 Å². The van der Waals surface area contributed by atoms with Crippen LogP contribution in [0.25, 0.3) is 11.1 Å². The maximum Gasteiger partial charge on any atom is 0.221 e. The SMILES string of the molecule is CC(=O)Nc1ccc(-c2c(C#N)c(N)nc(NCc3cccs3)c2C#N)cc1. The van der Waals surface area contributed by atoms with Gasteiger partial charge in [0.1, 0.15) is 34.9 Å². The van der Waals surface area contributed by atoms with E-state index < -0.39 is 0 Å². The third-order valence-corrected chi connectivity index (χ3v) is 4.83. The van der Waals surface area contributed by atoms with Crippen LogP contribution < -0.4 is 16.4 Å². The number of hydrogen-bond acceptors (Lipinski definition) is 7. The molecule has 0 fully saturated rings. The lowest BCUT2D eigenvalue weighted by Gasteiger charge is -2.14. The van der Waals surface area contributed by atoms with Gasteiger partial charge in [-0.1, -0.05) is 18.2 Å². The quantitative estimate of drug-likeness (QED) is 0.611. The predicted octanol–water partition coefficient (Wildman–Crippen LogP) is 3.71. The molecule has 2 heterocycles. The summed E-state index contributed by atoms with van der Waals surface area (Å²) in [7, 11) is 0. The summed E-state index contributed by atoms with van der Waals surface area (Å²) < 4.78 is 0. The minimum atomic E-state index is -0.184. The number of rotatable bonds is 5. The standard InChI is InChI=1S/C20H16N6OS/c1-12(27)25-14-6-4-13(5-7-14)18-16(9-21)19(23)26-20(17(18)10-22)24-11-15-3-2-8-28-15/h2-8H,11H2,1H3,(H,25,27)(H3,23,24,26). The highest BCUT2D eigenvalue weighted by molar-refractivity contribution is 7.09. The van der Waals surface area contributed by atoms with Crippen LogP contribution in [0.4, 0.5) is 17.3 Å². The fourth-order valence-electron chi connectivity index (χ4n) is 2.75. The van der Waals surface area contributed by atoms with Gasteiger partial charge >= 0.3 is 0 Å². The van der Waals surface area contributed by atoms with Gasteiger partial charge in [0.15, 0.2) is 0 Å². The number of aromatic nitrogens is 1. The first kappa shape index (κ1) is 18.9. The Balaban J connectivity index is 2.06. The molecule has 2 aromatic heterocycles. The van der Waals surface area contributed by atoms with Crippen LogP contribution in [0.5, 0.6) is 0 Å². The molecule has 3 rings (SSSR count). The minimum absolute atomic E-state index is 0.0520. The van der Waals surface area contributed by atoms with E-state index in [0.29, 0.717) is 29.2 Å². The van der Waals surface area contributed by atoms with Crippen LogP contribution in [0, 0.1) is 22.7 Å². The average molecular weight is 388 g/mol. The fourth-order valence-corrected chi connectivity index (χ4v) is 3.39. The molecule has 1 aromatic carbocycles. The third-order valence-electron chi connectivity index (χ3n) is 3.95. The van der Waals surface area contributed by atoms with Crippen molar-refractivity contribution in [3.63, 3.8) is 0 Å². The van der Waals surface area contributed by atoms with Crippen LogP contribution in [-0.4, -0.2) is 10.9 Å². The second-order valence-electron chi connectivity index (χ2n) is 5.89. The maximum absolute atomic E-state index is 11.2. The number of nitrogen functional groups attached to an aromatic ring is 1. The number of amides is 1. The lowest BCUT2D eigenvalue weighted by atomic mass is 9.96. The summed E-state index contributed by atoms with van der Waals surface area (Å²) in [5, 5.41) is 27.1. The summed E-state index contributed by atoms with van der Waals surface area (Å²) in [4.78, 5) is 16.5. The van der Waals surface area contributed by atoms with Gasteiger partial charge in [-0.25, -0.2) is 4.98 Å². The Morgan fingerprint density at radius 3 is 2.46 bits per heavy atom. The highest BCUT2D eigenvalue weighted by atomic mass is 32.1. The average Bonchev–Trinajstić information content (AvgIpc) is 3.19. The van der Waals surface area contributed by atoms with Gasteiger partial charge in [-0.15, -0.1) is 11.3 Å². The van der Waals surface area contributed by atoms with E-state index in [1.165, 1.54) is 6.92 Å². The van der Waals surface area contributed by atoms with E-state index in [2.05, 4.69) is 21.7 Å². The van der Waals surface area contributed by atoms with Crippen molar-refractivity contribution in [3.8, 4) is 23.3 Å². The molecule has 0 unspecified atom stereocenters. The summed E-state index contributed by atoms with van der Waals surface area (Å²) >= 11 is 1.58. The molecular formula is C20H16N6OS. The first-order valence-electron chi connectivity index (χ1n) is 8.31. The largest absolute Gasteiger partial charge is 0.383 e. The molecule has 7 nitrogen and oxygen atoms in total. The Labute approximate surface area is 166 Å². The van der Waals surface area contributed by atoms with E-state index in [1.54, 1.807) is 35.6 Å². The molecule has 0 radical (unpaired) electrons. The van der Waals surface area contributed by atoms with Crippen molar-refractivity contribution in [1.82, 2.24) is 4.98 Å². The topological polar surface area (TPSA) is 128 Å². The van der Waals surface area contributed by atoms with E-state index in [-0.39, 0.29) is 22.9 Å². The molecule has 4 N–H and O–H groups in total. The van der Waals surface area contributed by atoms with Crippen molar-refractivity contribution in [2.75, 3.05) is 16.4 Å². The molecule has 0 spiro atoms. The van der Waals surface area contributed by atoms with E-state index >= 15 is 0 Å². The Bertz CT molecular complexity index is 1090. The number of hydrogen-bond donors (Lipinski definition) is 3.